The normalized spacial score (nSPS) is 16.1. The summed E-state index contributed by atoms with van der Waals surface area (Å²) >= 11 is 0. The zero-order valence-electron chi connectivity index (χ0n) is 22.5. The molecule has 2 atom stereocenters. The van der Waals surface area contributed by atoms with Crippen molar-refractivity contribution in [1.82, 2.24) is 15.1 Å². The van der Waals surface area contributed by atoms with Crippen molar-refractivity contribution in [3.05, 3.63) is 59.7 Å². The Morgan fingerprint density at radius 3 is 2.24 bits per heavy atom. The highest BCUT2D eigenvalue weighted by Crippen LogP contribution is 2.23. The fourth-order valence-electron chi connectivity index (χ4n) is 3.98. The second-order valence-corrected chi connectivity index (χ2v) is 10.5. The zero-order chi connectivity index (χ0) is 28.0. The standard InChI is InChI=1S/C28H36N4O6/c1-28(2,3)38-26(35)22(16-18-8-12-21(13-9-18)37-27(36)31(4)5)30-25(34)23-14-15-24(33)32(23)17-19-6-10-20(29)11-7-19/h6-13,22-23H,14-17,29H2,1-5H3,(H,30,34)/t22-,23-/m0/s1. The number of nitrogens with one attached hydrogen (secondary N) is 1. The average Bonchev–Trinajstić information content (AvgIpc) is 3.20. The third kappa shape index (κ3) is 7.96. The Labute approximate surface area is 223 Å². The van der Waals surface area contributed by atoms with Gasteiger partial charge in [0.2, 0.25) is 11.8 Å². The smallest absolute Gasteiger partial charge is 0.414 e. The monoisotopic (exact) mass is 524 g/mol. The molecule has 0 radical (unpaired) electrons. The number of carbonyl (C=O) groups excluding carboxylic acids is 4. The fourth-order valence-corrected chi connectivity index (χ4v) is 3.98. The van der Waals surface area contributed by atoms with E-state index in [2.05, 4.69) is 5.32 Å². The molecule has 0 aromatic heterocycles. The van der Waals surface area contributed by atoms with Crippen molar-refractivity contribution in [2.45, 2.75) is 64.3 Å². The topological polar surface area (TPSA) is 131 Å². The summed E-state index contributed by atoms with van der Waals surface area (Å²) in [6, 6.07) is 12.1. The van der Waals surface area contributed by atoms with E-state index in [0.29, 0.717) is 17.9 Å². The number of esters is 1. The first-order chi connectivity index (χ1) is 17.8. The lowest BCUT2D eigenvalue weighted by Gasteiger charge is -2.28. The number of rotatable bonds is 8. The van der Waals surface area contributed by atoms with Crippen LogP contribution < -0.4 is 15.8 Å². The van der Waals surface area contributed by atoms with Crippen molar-refractivity contribution >= 4 is 29.6 Å². The molecule has 1 aliphatic heterocycles. The van der Waals surface area contributed by atoms with E-state index >= 15 is 0 Å². The summed E-state index contributed by atoms with van der Waals surface area (Å²) in [4.78, 5) is 53.7. The van der Waals surface area contributed by atoms with Gasteiger partial charge >= 0.3 is 12.1 Å². The van der Waals surface area contributed by atoms with Crippen LogP contribution in [-0.2, 0) is 32.1 Å². The van der Waals surface area contributed by atoms with Gasteiger partial charge in [0.25, 0.3) is 0 Å². The van der Waals surface area contributed by atoms with Crippen molar-refractivity contribution < 1.29 is 28.7 Å². The predicted octanol–water partition coefficient (Wildman–Crippen LogP) is 2.89. The van der Waals surface area contributed by atoms with Crippen LogP contribution in [0.4, 0.5) is 10.5 Å². The molecule has 1 heterocycles. The third-order valence-corrected chi connectivity index (χ3v) is 5.90. The Hall–Kier alpha value is -4.08. The van der Waals surface area contributed by atoms with E-state index in [0.717, 1.165) is 11.1 Å². The van der Waals surface area contributed by atoms with Crippen molar-refractivity contribution in [2.75, 3.05) is 19.8 Å². The van der Waals surface area contributed by atoms with E-state index in [1.807, 2.05) is 12.1 Å². The number of benzene rings is 2. The van der Waals surface area contributed by atoms with Gasteiger partial charge in [-0.3, -0.25) is 9.59 Å². The third-order valence-electron chi connectivity index (χ3n) is 5.90. The van der Waals surface area contributed by atoms with Crippen molar-refractivity contribution in [2.24, 2.45) is 0 Å². The molecule has 10 heteroatoms. The molecule has 2 aromatic rings. The molecule has 3 rings (SSSR count). The van der Waals surface area contributed by atoms with Gasteiger partial charge in [0.15, 0.2) is 0 Å². The molecule has 3 N–H and O–H groups in total. The summed E-state index contributed by atoms with van der Waals surface area (Å²) in [5.41, 5.74) is 7.19. The number of amides is 3. The van der Waals surface area contributed by atoms with Crippen LogP contribution in [0.5, 0.6) is 5.75 Å². The number of hydrogen-bond donors (Lipinski definition) is 2. The maximum absolute atomic E-state index is 13.4. The minimum absolute atomic E-state index is 0.126. The van der Waals surface area contributed by atoms with E-state index in [4.69, 9.17) is 15.2 Å². The van der Waals surface area contributed by atoms with Crippen LogP contribution in [-0.4, -0.2) is 65.5 Å². The van der Waals surface area contributed by atoms with Gasteiger partial charge in [-0.25, -0.2) is 9.59 Å². The van der Waals surface area contributed by atoms with Gasteiger partial charge in [-0.05, 0) is 62.6 Å². The molecule has 0 spiro atoms. The average molecular weight is 525 g/mol. The maximum Gasteiger partial charge on any atom is 0.414 e. The molecule has 38 heavy (non-hydrogen) atoms. The van der Waals surface area contributed by atoms with E-state index in [-0.39, 0.29) is 25.3 Å². The molecule has 0 saturated carbocycles. The van der Waals surface area contributed by atoms with Crippen LogP contribution in [0.15, 0.2) is 48.5 Å². The molecule has 2 aromatic carbocycles. The minimum atomic E-state index is -0.981. The van der Waals surface area contributed by atoms with Crippen LogP contribution in [0, 0.1) is 0 Å². The molecule has 1 fully saturated rings. The quantitative estimate of drug-likeness (QED) is 0.401. The first-order valence-corrected chi connectivity index (χ1v) is 12.5. The van der Waals surface area contributed by atoms with Crippen molar-refractivity contribution in [3.63, 3.8) is 0 Å². The largest absolute Gasteiger partial charge is 0.458 e. The first kappa shape index (κ1) is 28.5. The Balaban J connectivity index is 1.74. The fraction of sp³-hybridized carbons (Fsp3) is 0.429. The number of anilines is 1. The molecule has 0 unspecified atom stereocenters. The number of nitrogen functional groups attached to an aromatic ring is 1. The van der Waals surface area contributed by atoms with Gasteiger partial charge < -0.3 is 30.3 Å². The molecular weight excluding hydrogens is 488 g/mol. The van der Waals surface area contributed by atoms with Crippen LogP contribution in [0.1, 0.15) is 44.7 Å². The number of carbonyl (C=O) groups is 4. The molecule has 0 aliphatic carbocycles. The molecule has 1 aliphatic rings. The van der Waals surface area contributed by atoms with Crippen molar-refractivity contribution in [3.8, 4) is 5.75 Å². The van der Waals surface area contributed by atoms with E-state index in [9.17, 15) is 19.2 Å². The second kappa shape index (κ2) is 12.0. The Morgan fingerprint density at radius 2 is 1.66 bits per heavy atom. The van der Waals surface area contributed by atoms with Gasteiger partial charge in [0, 0.05) is 39.2 Å². The number of nitrogens with two attached hydrogens (primary N) is 1. The zero-order valence-corrected chi connectivity index (χ0v) is 22.5. The number of nitrogens with zero attached hydrogens (tertiary/aromatic N) is 2. The van der Waals surface area contributed by atoms with Gasteiger partial charge in [-0.2, -0.15) is 0 Å². The molecular formula is C28H36N4O6. The first-order valence-electron chi connectivity index (χ1n) is 12.5. The molecule has 10 nitrogen and oxygen atoms in total. The highest BCUT2D eigenvalue weighted by atomic mass is 16.6. The molecule has 3 amide bonds. The minimum Gasteiger partial charge on any atom is -0.458 e. The number of likely N-dealkylation sites (tertiary alicyclic amines) is 1. The van der Waals surface area contributed by atoms with Crippen LogP contribution in [0.2, 0.25) is 0 Å². The summed E-state index contributed by atoms with van der Waals surface area (Å²) in [6.07, 6.45) is 0.247. The van der Waals surface area contributed by atoms with Gasteiger partial charge in [0.05, 0.1) is 0 Å². The highest BCUT2D eigenvalue weighted by Gasteiger charge is 2.38. The van der Waals surface area contributed by atoms with E-state index in [1.165, 1.54) is 9.80 Å². The Bertz CT molecular complexity index is 1160. The predicted molar refractivity (Wildman–Crippen MR) is 142 cm³/mol. The Morgan fingerprint density at radius 1 is 1.05 bits per heavy atom. The second-order valence-electron chi connectivity index (χ2n) is 10.5. The number of hydrogen-bond acceptors (Lipinski definition) is 7. The van der Waals surface area contributed by atoms with Crippen LogP contribution in [0.3, 0.4) is 0 Å². The SMILES string of the molecule is CN(C)C(=O)Oc1ccc(C[C@H](NC(=O)[C@@H]2CCC(=O)N2Cc2ccc(N)cc2)C(=O)OC(C)(C)C)cc1. The molecule has 0 bridgehead atoms. The maximum atomic E-state index is 13.4. The van der Waals surface area contributed by atoms with Crippen LogP contribution >= 0.6 is 0 Å². The summed E-state index contributed by atoms with van der Waals surface area (Å²) in [6.45, 7) is 5.52. The number of ether oxygens (including phenoxy) is 2. The molecule has 204 valence electrons. The molecule has 1 saturated heterocycles. The van der Waals surface area contributed by atoms with E-state index < -0.39 is 35.7 Å². The Kier molecular flexibility index (Phi) is 8.98. The van der Waals surface area contributed by atoms with Crippen LogP contribution in [0.25, 0.3) is 0 Å². The summed E-state index contributed by atoms with van der Waals surface area (Å²) in [7, 11) is 3.17. The van der Waals surface area contributed by atoms with Gasteiger partial charge in [-0.1, -0.05) is 24.3 Å². The lowest BCUT2D eigenvalue weighted by atomic mass is 10.0. The lowest BCUT2D eigenvalue weighted by molar-refractivity contribution is -0.159. The van der Waals surface area contributed by atoms with E-state index in [1.54, 1.807) is 71.3 Å². The summed E-state index contributed by atoms with van der Waals surface area (Å²) < 4.78 is 10.8. The van der Waals surface area contributed by atoms with Gasteiger partial charge in [0.1, 0.15) is 23.4 Å². The van der Waals surface area contributed by atoms with Crippen molar-refractivity contribution in [1.29, 1.82) is 0 Å². The highest BCUT2D eigenvalue weighted by molar-refractivity contribution is 5.93. The summed E-state index contributed by atoms with van der Waals surface area (Å²) in [5.74, 6) is -0.770. The van der Waals surface area contributed by atoms with Gasteiger partial charge in [-0.15, -0.1) is 0 Å². The lowest BCUT2D eigenvalue weighted by Crippen LogP contribution is -2.52. The summed E-state index contributed by atoms with van der Waals surface area (Å²) in [5, 5.41) is 2.82.